The molecule has 1 aromatic heterocycles. The lowest BCUT2D eigenvalue weighted by atomic mass is 9.81. The lowest BCUT2D eigenvalue weighted by molar-refractivity contribution is -0.143. The van der Waals surface area contributed by atoms with Crippen LogP contribution >= 0.6 is 11.6 Å². The number of pyridine rings is 1. The molecule has 1 saturated heterocycles. The number of halogens is 7. The molecule has 2 aromatic carbocycles. The van der Waals surface area contributed by atoms with Crippen LogP contribution in [-0.2, 0) is 22.6 Å². The maximum absolute atomic E-state index is 13.8. The van der Waals surface area contributed by atoms with Crippen molar-refractivity contribution in [1.29, 1.82) is 0 Å². The van der Waals surface area contributed by atoms with E-state index in [9.17, 15) is 41.4 Å². The second-order valence-corrected chi connectivity index (χ2v) is 10.8. The molecule has 1 fully saturated rings. The van der Waals surface area contributed by atoms with Gasteiger partial charge < -0.3 is 20.0 Å². The van der Waals surface area contributed by atoms with Crippen molar-refractivity contribution in [3.63, 3.8) is 0 Å². The van der Waals surface area contributed by atoms with Gasteiger partial charge in [-0.25, -0.2) is 4.98 Å². The van der Waals surface area contributed by atoms with E-state index in [0.717, 1.165) is 4.90 Å². The minimum absolute atomic E-state index is 0.0121. The van der Waals surface area contributed by atoms with Crippen LogP contribution in [0.15, 0.2) is 54.7 Å². The topological polar surface area (TPSA) is 76.9 Å². The Hall–Kier alpha value is -3.35. The van der Waals surface area contributed by atoms with Crippen LogP contribution in [0.4, 0.5) is 37.8 Å². The van der Waals surface area contributed by atoms with Crippen molar-refractivity contribution in [1.82, 2.24) is 4.98 Å². The molecule has 2 unspecified atom stereocenters. The molecule has 0 spiro atoms. The van der Waals surface area contributed by atoms with Crippen LogP contribution in [0, 0.1) is 0 Å². The minimum Gasteiger partial charge on any atom is -0.389 e. The Morgan fingerprint density at radius 2 is 1.41 bits per heavy atom. The molecule has 2 heterocycles. The number of alkyl halides is 6. The highest BCUT2D eigenvalue weighted by Gasteiger charge is 2.41. The van der Waals surface area contributed by atoms with Gasteiger partial charge in [0.2, 0.25) is 5.91 Å². The number of rotatable bonds is 5. The summed E-state index contributed by atoms with van der Waals surface area (Å²) in [5, 5.41) is 20.3. The highest BCUT2D eigenvalue weighted by atomic mass is 35.5. The van der Waals surface area contributed by atoms with E-state index in [1.54, 1.807) is 35.2 Å². The smallest absolute Gasteiger partial charge is 0.389 e. The van der Waals surface area contributed by atoms with Gasteiger partial charge in [0.05, 0.1) is 40.6 Å². The highest BCUT2D eigenvalue weighted by molar-refractivity contribution is 6.33. The monoisotopic (exact) mass is 601 g/mol. The SMILES string of the molecule is CN(C(=O)C(C)(C)c1cc(C(F)(F)F)cc(C(F)(F)F)c1)c1cnc(N2CC(O)C(O)C2)cc1-c1ccccc1Cl. The van der Waals surface area contributed by atoms with Gasteiger partial charge in [0, 0.05) is 36.3 Å². The standard InChI is InChI=1S/C28H26ClF6N3O3/c1-26(2,15-8-16(27(30,31)32)10-17(9-15)28(33,34)35)25(41)37(3)21-12-36-24(38-13-22(39)23(40)14-38)11-19(21)18-6-4-5-7-20(18)29/h4-12,22-23,39-40H,13-14H2,1-3H3. The van der Waals surface area contributed by atoms with Crippen LogP contribution < -0.4 is 9.80 Å². The molecule has 2 N–H and O–H groups in total. The number of amides is 1. The van der Waals surface area contributed by atoms with Gasteiger partial charge in [0.15, 0.2) is 0 Å². The molecule has 0 radical (unpaired) electrons. The van der Waals surface area contributed by atoms with E-state index < -0.39 is 52.6 Å². The van der Waals surface area contributed by atoms with Crippen molar-refractivity contribution in [2.24, 2.45) is 0 Å². The molecule has 2 atom stereocenters. The minimum atomic E-state index is -5.07. The quantitative estimate of drug-likeness (QED) is 0.355. The molecule has 13 heteroatoms. The van der Waals surface area contributed by atoms with E-state index in [4.69, 9.17) is 11.6 Å². The molecule has 3 aromatic rings. The van der Waals surface area contributed by atoms with Crippen molar-refractivity contribution in [3.8, 4) is 11.1 Å². The lowest BCUT2D eigenvalue weighted by Gasteiger charge is -2.32. The summed E-state index contributed by atoms with van der Waals surface area (Å²) in [5.74, 6) is -0.452. The van der Waals surface area contributed by atoms with Gasteiger partial charge in [-0.2, -0.15) is 26.3 Å². The third-order valence-corrected chi connectivity index (χ3v) is 7.46. The molecule has 4 rings (SSSR count). The van der Waals surface area contributed by atoms with Crippen LogP contribution in [0.2, 0.25) is 5.02 Å². The summed E-state index contributed by atoms with van der Waals surface area (Å²) in [6.07, 6.45) is -10.8. The fourth-order valence-corrected chi connectivity index (χ4v) is 4.93. The fourth-order valence-electron chi connectivity index (χ4n) is 4.70. The number of β-amino-alcohol motifs (C(OH)–C–C–N with tert-alkyl or cyclic N) is 2. The van der Waals surface area contributed by atoms with Crippen molar-refractivity contribution >= 4 is 29.0 Å². The Kier molecular flexibility index (Phi) is 8.07. The summed E-state index contributed by atoms with van der Waals surface area (Å²) in [5.41, 5.74) is -4.31. The van der Waals surface area contributed by atoms with Crippen molar-refractivity contribution in [2.75, 3.05) is 29.9 Å². The molecule has 41 heavy (non-hydrogen) atoms. The third-order valence-electron chi connectivity index (χ3n) is 7.13. The summed E-state index contributed by atoms with van der Waals surface area (Å²) in [6, 6.07) is 9.35. The molecule has 6 nitrogen and oxygen atoms in total. The first-order valence-electron chi connectivity index (χ1n) is 12.4. The number of carbonyl (C=O) groups is 1. The number of benzene rings is 2. The number of aromatic nitrogens is 1. The van der Waals surface area contributed by atoms with Crippen LogP contribution in [-0.4, -0.2) is 53.4 Å². The van der Waals surface area contributed by atoms with E-state index in [1.165, 1.54) is 27.1 Å². The van der Waals surface area contributed by atoms with Gasteiger partial charge in [0.25, 0.3) is 0 Å². The number of aliphatic hydroxyl groups is 2. The predicted octanol–water partition coefficient (Wildman–Crippen LogP) is 5.92. The summed E-state index contributed by atoms with van der Waals surface area (Å²) in [6.45, 7) is 2.67. The van der Waals surface area contributed by atoms with Crippen molar-refractivity contribution in [2.45, 2.75) is 43.8 Å². The van der Waals surface area contributed by atoms with E-state index in [1.807, 2.05) is 0 Å². The number of hydrogen-bond acceptors (Lipinski definition) is 5. The first-order valence-corrected chi connectivity index (χ1v) is 12.7. The highest BCUT2D eigenvalue weighted by Crippen LogP contribution is 2.42. The van der Waals surface area contributed by atoms with E-state index >= 15 is 0 Å². The van der Waals surface area contributed by atoms with E-state index in [2.05, 4.69) is 4.98 Å². The van der Waals surface area contributed by atoms with E-state index in [-0.39, 0.29) is 24.8 Å². The number of nitrogens with zero attached hydrogens (tertiary/aromatic N) is 3. The van der Waals surface area contributed by atoms with Gasteiger partial charge in [-0.1, -0.05) is 29.8 Å². The van der Waals surface area contributed by atoms with Crippen LogP contribution in [0.3, 0.4) is 0 Å². The Bertz CT molecular complexity index is 1420. The molecule has 0 bridgehead atoms. The molecular formula is C28H26ClF6N3O3. The molecule has 0 aliphatic carbocycles. The van der Waals surface area contributed by atoms with Crippen LogP contribution in [0.1, 0.15) is 30.5 Å². The summed E-state index contributed by atoms with van der Waals surface area (Å²) < 4.78 is 81.1. The Balaban J connectivity index is 1.81. The summed E-state index contributed by atoms with van der Waals surface area (Å²) in [4.78, 5) is 20.9. The lowest BCUT2D eigenvalue weighted by Crippen LogP contribution is -2.42. The zero-order chi connectivity index (χ0) is 30.5. The van der Waals surface area contributed by atoms with Gasteiger partial charge in [-0.05, 0) is 49.7 Å². The largest absolute Gasteiger partial charge is 0.416 e. The molecule has 220 valence electrons. The van der Waals surface area contributed by atoms with Gasteiger partial charge in [-0.15, -0.1) is 0 Å². The Morgan fingerprint density at radius 1 is 0.902 bits per heavy atom. The zero-order valence-corrected chi connectivity index (χ0v) is 22.8. The third kappa shape index (κ3) is 6.14. The maximum Gasteiger partial charge on any atom is 0.416 e. The maximum atomic E-state index is 13.8. The molecular weight excluding hydrogens is 576 g/mol. The van der Waals surface area contributed by atoms with Crippen LogP contribution in [0.25, 0.3) is 11.1 Å². The van der Waals surface area contributed by atoms with Gasteiger partial charge in [-0.3, -0.25) is 4.79 Å². The molecule has 1 aliphatic rings. The zero-order valence-electron chi connectivity index (χ0n) is 22.1. The normalized spacial score (nSPS) is 18.1. The average Bonchev–Trinajstić information content (AvgIpc) is 3.24. The number of aliphatic hydroxyl groups excluding tert-OH is 2. The first-order chi connectivity index (χ1) is 18.9. The van der Waals surface area contributed by atoms with Crippen molar-refractivity contribution < 1.29 is 41.4 Å². The molecule has 1 aliphatic heterocycles. The summed E-state index contributed by atoms with van der Waals surface area (Å²) in [7, 11) is 1.34. The Morgan fingerprint density at radius 3 is 1.93 bits per heavy atom. The number of hydrogen-bond donors (Lipinski definition) is 2. The second-order valence-electron chi connectivity index (χ2n) is 10.4. The van der Waals surface area contributed by atoms with Gasteiger partial charge in [0.1, 0.15) is 5.82 Å². The summed E-state index contributed by atoms with van der Waals surface area (Å²) >= 11 is 6.45. The average molecular weight is 602 g/mol. The molecule has 0 saturated carbocycles. The van der Waals surface area contributed by atoms with Gasteiger partial charge >= 0.3 is 12.4 Å². The first kappa shape index (κ1) is 30.6. The number of carbonyl (C=O) groups excluding carboxylic acids is 1. The second kappa shape index (κ2) is 10.8. The number of likely N-dealkylation sites (N-methyl/N-ethyl adjacent to an activating group) is 1. The Labute approximate surface area is 236 Å². The molecule has 1 amide bonds. The van der Waals surface area contributed by atoms with Crippen molar-refractivity contribution in [3.05, 3.63) is 76.4 Å². The van der Waals surface area contributed by atoms with E-state index in [0.29, 0.717) is 34.1 Å². The number of anilines is 2. The fraction of sp³-hybridized carbons (Fsp3) is 0.357. The predicted molar refractivity (Wildman–Crippen MR) is 142 cm³/mol. The van der Waals surface area contributed by atoms with Crippen LogP contribution in [0.5, 0.6) is 0 Å².